The van der Waals surface area contributed by atoms with E-state index in [0.717, 1.165) is 28.9 Å². The van der Waals surface area contributed by atoms with Crippen molar-refractivity contribution < 1.29 is 24.2 Å². The van der Waals surface area contributed by atoms with Crippen molar-refractivity contribution in [3.8, 4) is 5.75 Å². The zero-order chi connectivity index (χ0) is 23.7. The number of aromatic nitrogens is 1. The molecule has 0 saturated carbocycles. The molecule has 0 aliphatic carbocycles. The first kappa shape index (κ1) is 21.5. The fourth-order valence-corrected chi connectivity index (χ4v) is 4.06. The summed E-state index contributed by atoms with van der Waals surface area (Å²) in [4.78, 5) is 39.1. The number of hydrogen-bond acceptors (Lipinski definition) is 5. The molecule has 7 nitrogen and oxygen atoms in total. The number of H-pyrrole nitrogens is 1. The van der Waals surface area contributed by atoms with Crippen LogP contribution in [0.15, 0.2) is 71.5 Å². The molecule has 0 saturated heterocycles. The molecule has 170 valence electrons. The van der Waals surface area contributed by atoms with Gasteiger partial charge in [-0.2, -0.15) is 0 Å². The average molecular weight is 455 g/mol. The molecule has 0 spiro atoms. The van der Waals surface area contributed by atoms with Crippen LogP contribution in [0.2, 0.25) is 0 Å². The van der Waals surface area contributed by atoms with Crippen LogP contribution in [-0.4, -0.2) is 28.6 Å². The minimum atomic E-state index is -1.00. The van der Waals surface area contributed by atoms with E-state index in [0.29, 0.717) is 35.1 Å². The van der Waals surface area contributed by atoms with Crippen molar-refractivity contribution in [2.24, 2.45) is 0 Å². The lowest BCUT2D eigenvalue weighted by molar-refractivity contribution is 0.0472. The van der Waals surface area contributed by atoms with Gasteiger partial charge in [0.15, 0.2) is 0 Å². The van der Waals surface area contributed by atoms with Gasteiger partial charge in [0.25, 0.3) is 5.56 Å². The number of carboxylic acids is 1. The summed E-state index contributed by atoms with van der Waals surface area (Å²) in [6.07, 6.45) is 1.19. The van der Waals surface area contributed by atoms with Gasteiger partial charge in [-0.05, 0) is 70.6 Å². The molecule has 5 rings (SSSR count). The molecule has 34 heavy (non-hydrogen) atoms. The molecular weight excluding hydrogens is 434 g/mol. The number of carbonyl (C=O) groups is 2. The summed E-state index contributed by atoms with van der Waals surface area (Å²) in [5.41, 5.74) is 4.31. The van der Waals surface area contributed by atoms with Gasteiger partial charge in [0.05, 0.1) is 17.7 Å². The second-order valence-electron chi connectivity index (χ2n) is 8.22. The lowest BCUT2D eigenvalue weighted by atomic mass is 10.0. The molecule has 1 aliphatic rings. The Hall–Kier alpha value is -4.39. The van der Waals surface area contributed by atoms with Gasteiger partial charge in [0, 0.05) is 23.9 Å². The van der Waals surface area contributed by atoms with Crippen LogP contribution in [0.1, 0.15) is 43.0 Å². The van der Waals surface area contributed by atoms with Gasteiger partial charge in [0.1, 0.15) is 12.4 Å². The number of ether oxygens (including phenoxy) is 2. The smallest absolute Gasteiger partial charge is 0.338 e. The summed E-state index contributed by atoms with van der Waals surface area (Å²) >= 11 is 0. The first-order valence-corrected chi connectivity index (χ1v) is 10.9. The molecule has 0 fully saturated rings. The molecule has 2 heterocycles. The zero-order valence-electron chi connectivity index (χ0n) is 18.2. The lowest BCUT2D eigenvalue weighted by Gasteiger charge is -2.08. The van der Waals surface area contributed by atoms with Crippen molar-refractivity contribution in [3.05, 3.63) is 110 Å². The number of carbonyl (C=O) groups excluding carboxylic acids is 1. The number of hydrogen-bond donors (Lipinski definition) is 2. The fraction of sp³-hybridized carbons (Fsp3) is 0.148. The van der Waals surface area contributed by atoms with Crippen LogP contribution in [0.3, 0.4) is 0 Å². The molecule has 4 aromatic rings. The van der Waals surface area contributed by atoms with Crippen LogP contribution in [0.4, 0.5) is 0 Å². The molecule has 0 atom stereocenters. The van der Waals surface area contributed by atoms with E-state index in [4.69, 9.17) is 14.6 Å². The monoisotopic (exact) mass is 455 g/mol. The molecule has 2 N–H and O–H groups in total. The molecule has 0 unspecified atom stereocenters. The molecule has 3 aromatic carbocycles. The number of aromatic carboxylic acids is 1. The highest BCUT2D eigenvalue weighted by Crippen LogP contribution is 2.26. The number of aromatic amines is 1. The maximum Gasteiger partial charge on any atom is 0.338 e. The van der Waals surface area contributed by atoms with Crippen LogP contribution in [-0.2, 0) is 24.2 Å². The zero-order valence-corrected chi connectivity index (χ0v) is 18.2. The van der Waals surface area contributed by atoms with Crippen LogP contribution < -0.4 is 10.3 Å². The molecule has 0 bridgehead atoms. The van der Waals surface area contributed by atoms with E-state index in [9.17, 15) is 14.4 Å². The molecule has 1 aromatic heterocycles. The average Bonchev–Trinajstić information content (AvgIpc) is 3.31. The van der Waals surface area contributed by atoms with Crippen molar-refractivity contribution in [2.75, 3.05) is 6.61 Å². The highest BCUT2D eigenvalue weighted by atomic mass is 16.5. The van der Waals surface area contributed by atoms with E-state index in [1.54, 1.807) is 36.4 Å². The quantitative estimate of drug-likeness (QED) is 0.424. The minimum Gasteiger partial charge on any atom is -0.493 e. The van der Waals surface area contributed by atoms with Gasteiger partial charge >= 0.3 is 11.9 Å². The minimum absolute atomic E-state index is 0.160. The number of pyridine rings is 1. The Labute approximate surface area is 194 Å². The Morgan fingerprint density at radius 3 is 2.50 bits per heavy atom. The van der Waals surface area contributed by atoms with Crippen molar-refractivity contribution >= 4 is 22.8 Å². The predicted octanol–water partition coefficient (Wildman–Crippen LogP) is 4.11. The number of carboxylic acid groups (broad SMARTS) is 1. The third-order valence-corrected chi connectivity index (χ3v) is 5.88. The number of esters is 1. The molecule has 0 amide bonds. The Morgan fingerprint density at radius 1 is 0.941 bits per heavy atom. The third kappa shape index (κ3) is 4.41. The third-order valence-electron chi connectivity index (χ3n) is 5.88. The summed E-state index contributed by atoms with van der Waals surface area (Å²) in [6.45, 7) is 0.834. The normalized spacial score (nSPS) is 12.2. The second-order valence-corrected chi connectivity index (χ2v) is 8.22. The van der Waals surface area contributed by atoms with E-state index in [1.165, 1.54) is 12.1 Å². The summed E-state index contributed by atoms with van der Waals surface area (Å²) < 4.78 is 11.0. The SMILES string of the molecule is O=C(O)c1ccc(Cc2cc3cc(C(=O)OCc4ccc5c(c4)CCO5)ccc3[nH]c2=O)cc1. The van der Waals surface area contributed by atoms with Crippen molar-refractivity contribution in [1.82, 2.24) is 4.98 Å². The standard InChI is InChI=1S/C27H21NO6/c29-25-22(11-16-1-4-18(5-2-16)26(30)31)14-21-13-20(6-7-23(21)28-25)27(32)34-15-17-3-8-24-19(12-17)9-10-33-24/h1-8,12-14H,9-11,15H2,(H,28,29)(H,30,31). The largest absolute Gasteiger partial charge is 0.493 e. The number of benzene rings is 3. The molecule has 0 radical (unpaired) electrons. The van der Waals surface area contributed by atoms with Crippen molar-refractivity contribution in [2.45, 2.75) is 19.4 Å². The van der Waals surface area contributed by atoms with E-state index < -0.39 is 11.9 Å². The lowest BCUT2D eigenvalue weighted by Crippen LogP contribution is -2.13. The summed E-state index contributed by atoms with van der Waals surface area (Å²) in [5, 5.41) is 9.75. The summed E-state index contributed by atoms with van der Waals surface area (Å²) in [6, 6.07) is 18.9. The van der Waals surface area contributed by atoms with Gasteiger partial charge in [-0.3, -0.25) is 4.79 Å². The van der Waals surface area contributed by atoms with Gasteiger partial charge in [-0.25, -0.2) is 9.59 Å². The number of nitrogens with one attached hydrogen (secondary N) is 1. The van der Waals surface area contributed by atoms with E-state index in [1.807, 2.05) is 18.2 Å². The van der Waals surface area contributed by atoms with E-state index >= 15 is 0 Å². The fourth-order valence-electron chi connectivity index (χ4n) is 4.06. The number of fused-ring (bicyclic) bond motifs is 2. The summed E-state index contributed by atoms with van der Waals surface area (Å²) in [7, 11) is 0. The van der Waals surface area contributed by atoms with Gasteiger partial charge in [0.2, 0.25) is 0 Å². The van der Waals surface area contributed by atoms with Crippen molar-refractivity contribution in [1.29, 1.82) is 0 Å². The first-order valence-electron chi connectivity index (χ1n) is 10.9. The van der Waals surface area contributed by atoms with Crippen LogP contribution in [0, 0.1) is 0 Å². The Bertz CT molecular complexity index is 1470. The first-order chi connectivity index (χ1) is 16.5. The van der Waals surface area contributed by atoms with E-state index in [2.05, 4.69) is 4.98 Å². The van der Waals surface area contributed by atoms with Crippen LogP contribution in [0.25, 0.3) is 10.9 Å². The van der Waals surface area contributed by atoms with Crippen molar-refractivity contribution in [3.63, 3.8) is 0 Å². The topological polar surface area (TPSA) is 106 Å². The highest BCUT2D eigenvalue weighted by Gasteiger charge is 2.14. The Balaban J connectivity index is 1.33. The molecular formula is C27H21NO6. The van der Waals surface area contributed by atoms with Crippen LogP contribution >= 0.6 is 0 Å². The Kier molecular flexibility index (Phi) is 5.59. The Morgan fingerprint density at radius 2 is 1.71 bits per heavy atom. The van der Waals surface area contributed by atoms with Gasteiger partial charge in [-0.15, -0.1) is 0 Å². The van der Waals surface area contributed by atoms with Gasteiger partial charge < -0.3 is 19.6 Å². The maximum absolute atomic E-state index is 12.7. The molecule has 7 heteroatoms. The van der Waals surface area contributed by atoms with E-state index in [-0.39, 0.29) is 17.7 Å². The highest BCUT2D eigenvalue weighted by molar-refractivity contribution is 5.94. The summed E-state index contributed by atoms with van der Waals surface area (Å²) in [5.74, 6) is -0.567. The maximum atomic E-state index is 12.7. The van der Waals surface area contributed by atoms with Gasteiger partial charge in [-0.1, -0.05) is 18.2 Å². The predicted molar refractivity (Wildman–Crippen MR) is 126 cm³/mol. The second kappa shape index (κ2) is 8.86. The molecule has 1 aliphatic heterocycles. The number of rotatable bonds is 6. The van der Waals surface area contributed by atoms with Crippen LogP contribution in [0.5, 0.6) is 5.75 Å².